The number of carbonyl (C=O) groups excluding carboxylic acids is 1. The van der Waals surface area contributed by atoms with Crippen molar-refractivity contribution in [2.24, 2.45) is 0 Å². The molecule has 1 aliphatic rings. The highest BCUT2D eigenvalue weighted by molar-refractivity contribution is 6.31. The monoisotopic (exact) mass is 340 g/mol. The summed E-state index contributed by atoms with van der Waals surface area (Å²) in [6.45, 7) is 10.8. The second-order valence-corrected chi connectivity index (χ2v) is 6.50. The Morgan fingerprint density at radius 1 is 1.43 bits per heavy atom. The number of amides is 1. The van der Waals surface area contributed by atoms with Gasteiger partial charge < -0.3 is 19.9 Å². The first-order chi connectivity index (χ1) is 11.0. The molecule has 2 N–H and O–H groups in total. The van der Waals surface area contributed by atoms with Gasteiger partial charge in [-0.25, -0.2) is 0 Å². The van der Waals surface area contributed by atoms with Gasteiger partial charge in [0.15, 0.2) is 0 Å². The third kappa shape index (κ3) is 4.30. The smallest absolute Gasteiger partial charge is 0.245 e. The average Bonchev–Trinajstić information content (AvgIpc) is 2.57. The first-order valence-electron chi connectivity index (χ1n) is 8.19. The molecule has 1 aliphatic heterocycles. The van der Waals surface area contributed by atoms with Crippen LogP contribution >= 0.6 is 11.6 Å². The Morgan fingerprint density at radius 3 is 2.65 bits per heavy atom. The van der Waals surface area contributed by atoms with Crippen molar-refractivity contribution in [3.8, 4) is 5.75 Å². The first kappa shape index (κ1) is 17.9. The molecule has 5 nitrogen and oxygen atoms in total. The molecule has 1 saturated heterocycles. The van der Waals surface area contributed by atoms with E-state index in [1.165, 1.54) is 0 Å². The van der Waals surface area contributed by atoms with Crippen LogP contribution in [0, 0.1) is 6.92 Å². The Morgan fingerprint density at radius 2 is 2.09 bits per heavy atom. The van der Waals surface area contributed by atoms with Crippen molar-refractivity contribution in [3.05, 3.63) is 22.7 Å². The molecule has 128 valence electrons. The first-order valence-corrected chi connectivity index (χ1v) is 8.57. The quantitative estimate of drug-likeness (QED) is 0.847. The molecule has 2 rings (SSSR count). The standard InChI is InChI=1S/C17H26ClN3O2/c1-5-20-6-8-21(9-7-20)17(22)13(3)19-15-10-12(2)14(18)11-16(15)23-4/h10-11,13,19H,5-9H2,1-4H3/p+1/t13-/m1/s1. The number of nitrogens with one attached hydrogen (secondary N) is 2. The maximum absolute atomic E-state index is 12.6. The summed E-state index contributed by atoms with van der Waals surface area (Å²) in [6.07, 6.45) is 0. The van der Waals surface area contributed by atoms with E-state index in [1.807, 2.05) is 24.8 Å². The number of hydrogen-bond acceptors (Lipinski definition) is 3. The van der Waals surface area contributed by atoms with Crippen LogP contribution in [0.2, 0.25) is 5.02 Å². The Kier molecular flexibility index (Phi) is 6.13. The van der Waals surface area contributed by atoms with E-state index in [4.69, 9.17) is 16.3 Å². The van der Waals surface area contributed by atoms with Gasteiger partial charge in [0.2, 0.25) is 5.91 Å². The second kappa shape index (κ2) is 7.88. The molecule has 1 fully saturated rings. The summed E-state index contributed by atoms with van der Waals surface area (Å²) in [6, 6.07) is 3.40. The summed E-state index contributed by atoms with van der Waals surface area (Å²) >= 11 is 6.13. The number of benzene rings is 1. The molecular weight excluding hydrogens is 314 g/mol. The maximum Gasteiger partial charge on any atom is 0.245 e. The number of ether oxygens (including phenoxy) is 1. The Hall–Kier alpha value is -1.46. The van der Waals surface area contributed by atoms with Crippen molar-refractivity contribution in [3.63, 3.8) is 0 Å². The summed E-state index contributed by atoms with van der Waals surface area (Å²) in [5, 5.41) is 3.93. The normalized spacial score (nSPS) is 17.0. The van der Waals surface area contributed by atoms with E-state index >= 15 is 0 Å². The van der Waals surface area contributed by atoms with Crippen LogP contribution in [0.25, 0.3) is 0 Å². The van der Waals surface area contributed by atoms with Crippen molar-refractivity contribution >= 4 is 23.2 Å². The van der Waals surface area contributed by atoms with Gasteiger partial charge in [-0.2, -0.15) is 0 Å². The molecule has 0 spiro atoms. The fourth-order valence-electron chi connectivity index (χ4n) is 2.91. The lowest BCUT2D eigenvalue weighted by Crippen LogP contribution is -3.14. The number of rotatable bonds is 5. The minimum atomic E-state index is -0.298. The lowest BCUT2D eigenvalue weighted by atomic mass is 10.1. The predicted molar refractivity (Wildman–Crippen MR) is 93.6 cm³/mol. The molecule has 1 heterocycles. The number of aryl methyl sites for hydroxylation is 1. The zero-order valence-electron chi connectivity index (χ0n) is 14.4. The van der Waals surface area contributed by atoms with Crippen LogP contribution in [-0.4, -0.2) is 56.7 Å². The third-order valence-corrected chi connectivity index (χ3v) is 4.91. The minimum absolute atomic E-state index is 0.134. The molecule has 1 atom stereocenters. The van der Waals surface area contributed by atoms with Gasteiger partial charge in [0.25, 0.3) is 0 Å². The van der Waals surface area contributed by atoms with E-state index in [0.29, 0.717) is 10.8 Å². The maximum atomic E-state index is 12.6. The summed E-state index contributed by atoms with van der Waals surface area (Å²) in [5.74, 6) is 0.787. The molecule has 1 aromatic carbocycles. The summed E-state index contributed by atoms with van der Waals surface area (Å²) < 4.78 is 5.36. The van der Waals surface area contributed by atoms with E-state index in [9.17, 15) is 4.79 Å². The lowest BCUT2D eigenvalue weighted by molar-refractivity contribution is -0.902. The van der Waals surface area contributed by atoms with Crippen LogP contribution < -0.4 is 15.0 Å². The molecule has 0 aliphatic carbocycles. The highest BCUT2D eigenvalue weighted by Gasteiger charge is 2.26. The number of likely N-dealkylation sites (N-methyl/N-ethyl adjacent to an activating group) is 1. The van der Waals surface area contributed by atoms with Gasteiger partial charge >= 0.3 is 0 Å². The van der Waals surface area contributed by atoms with Crippen LogP contribution in [0.3, 0.4) is 0 Å². The Balaban J connectivity index is 2.03. The van der Waals surface area contributed by atoms with Gasteiger partial charge in [0.1, 0.15) is 11.8 Å². The van der Waals surface area contributed by atoms with Crippen molar-refractivity contribution in [2.45, 2.75) is 26.8 Å². The summed E-state index contributed by atoms with van der Waals surface area (Å²) in [5.41, 5.74) is 1.75. The van der Waals surface area contributed by atoms with Crippen molar-refractivity contribution < 1.29 is 14.4 Å². The van der Waals surface area contributed by atoms with Gasteiger partial charge in [0, 0.05) is 11.1 Å². The number of hydrogen-bond donors (Lipinski definition) is 2. The molecule has 1 amide bonds. The largest absolute Gasteiger partial charge is 0.495 e. The van der Waals surface area contributed by atoms with Gasteiger partial charge in [-0.15, -0.1) is 0 Å². The number of halogens is 1. The Labute approximate surface area is 143 Å². The Bertz CT molecular complexity index is 557. The summed E-state index contributed by atoms with van der Waals surface area (Å²) in [7, 11) is 1.60. The zero-order chi connectivity index (χ0) is 17.0. The lowest BCUT2D eigenvalue weighted by Gasteiger charge is -2.33. The molecule has 0 bridgehead atoms. The number of piperazine rings is 1. The topological polar surface area (TPSA) is 46.0 Å². The molecule has 1 aromatic rings. The molecule has 6 heteroatoms. The van der Waals surface area contributed by atoms with E-state index in [2.05, 4.69) is 12.2 Å². The van der Waals surface area contributed by atoms with Crippen molar-refractivity contribution in [1.29, 1.82) is 0 Å². The van der Waals surface area contributed by atoms with Crippen LogP contribution in [-0.2, 0) is 4.79 Å². The number of carbonyl (C=O) groups is 1. The SMILES string of the molecule is CC[NH+]1CCN(C(=O)[C@@H](C)Nc2cc(C)c(Cl)cc2OC)CC1. The van der Waals surface area contributed by atoms with E-state index in [0.717, 1.165) is 44.0 Å². The van der Waals surface area contributed by atoms with Crippen molar-refractivity contribution in [1.82, 2.24) is 4.90 Å². The molecule has 0 aromatic heterocycles. The van der Waals surface area contributed by atoms with E-state index < -0.39 is 0 Å². The van der Waals surface area contributed by atoms with Crippen LogP contribution in [0.1, 0.15) is 19.4 Å². The van der Waals surface area contributed by atoms with Crippen LogP contribution in [0.5, 0.6) is 5.75 Å². The highest BCUT2D eigenvalue weighted by atomic mass is 35.5. The minimum Gasteiger partial charge on any atom is -0.495 e. The van der Waals surface area contributed by atoms with Gasteiger partial charge in [-0.05, 0) is 32.4 Å². The number of quaternary nitrogens is 1. The highest BCUT2D eigenvalue weighted by Crippen LogP contribution is 2.31. The number of methoxy groups -OCH3 is 1. The van der Waals surface area contributed by atoms with Crippen LogP contribution in [0.4, 0.5) is 5.69 Å². The van der Waals surface area contributed by atoms with E-state index in [1.54, 1.807) is 18.1 Å². The molecule has 0 saturated carbocycles. The fraction of sp³-hybridized carbons (Fsp3) is 0.588. The number of nitrogens with zero attached hydrogens (tertiary/aromatic N) is 1. The average molecular weight is 341 g/mol. The molecule has 0 radical (unpaired) electrons. The number of anilines is 1. The predicted octanol–water partition coefficient (Wildman–Crippen LogP) is 1.20. The molecular formula is C17H27ClN3O2+. The van der Waals surface area contributed by atoms with Gasteiger partial charge in [-0.1, -0.05) is 11.6 Å². The second-order valence-electron chi connectivity index (χ2n) is 6.10. The van der Waals surface area contributed by atoms with Crippen molar-refractivity contribution in [2.75, 3.05) is 45.2 Å². The molecule has 0 unspecified atom stereocenters. The van der Waals surface area contributed by atoms with E-state index in [-0.39, 0.29) is 11.9 Å². The fourth-order valence-corrected chi connectivity index (χ4v) is 3.06. The van der Waals surface area contributed by atoms with Crippen LogP contribution in [0.15, 0.2) is 12.1 Å². The molecule has 23 heavy (non-hydrogen) atoms. The van der Waals surface area contributed by atoms with Gasteiger partial charge in [-0.3, -0.25) is 4.79 Å². The third-order valence-electron chi connectivity index (χ3n) is 4.51. The van der Waals surface area contributed by atoms with Gasteiger partial charge in [0.05, 0.1) is 45.5 Å². The summed E-state index contributed by atoms with van der Waals surface area (Å²) in [4.78, 5) is 16.1. The zero-order valence-corrected chi connectivity index (χ0v) is 15.2.